The number of nitrogen functional groups attached to an aromatic ring is 1. The Balaban J connectivity index is 2.27. The van der Waals surface area contributed by atoms with Gasteiger partial charge in [0, 0.05) is 22.9 Å². The van der Waals surface area contributed by atoms with Crippen molar-refractivity contribution in [2.45, 2.75) is 12.8 Å². The molecule has 0 aromatic heterocycles. The molecule has 1 amide bonds. The normalized spacial score (nSPS) is 10.1. The van der Waals surface area contributed by atoms with Crippen molar-refractivity contribution >= 4 is 46.6 Å². The first-order valence-electron chi connectivity index (χ1n) is 6.02. The van der Waals surface area contributed by atoms with Crippen LogP contribution in [-0.2, 0) is 14.3 Å². The summed E-state index contributed by atoms with van der Waals surface area (Å²) in [6.07, 6.45) is 0.696. The Bertz CT molecular complexity index is 483. The molecule has 0 radical (unpaired) electrons. The van der Waals surface area contributed by atoms with E-state index in [1.54, 1.807) is 18.2 Å². The number of nitrogens with one attached hydrogen (secondary N) is 1. The van der Waals surface area contributed by atoms with Gasteiger partial charge in [-0.3, -0.25) is 9.59 Å². The van der Waals surface area contributed by atoms with Crippen molar-refractivity contribution in [2.24, 2.45) is 0 Å². The van der Waals surface area contributed by atoms with Gasteiger partial charge >= 0.3 is 5.97 Å². The number of benzene rings is 1. The number of hydrogen-bond donors (Lipinski definition) is 2. The maximum absolute atomic E-state index is 11.7. The van der Waals surface area contributed by atoms with Gasteiger partial charge in [-0.2, -0.15) is 11.8 Å². The summed E-state index contributed by atoms with van der Waals surface area (Å²) in [5.41, 5.74) is 6.72. The topological polar surface area (TPSA) is 81.4 Å². The third-order valence-electron chi connectivity index (χ3n) is 2.44. The molecule has 0 aliphatic rings. The number of halogens is 1. The Morgan fingerprint density at radius 2 is 2.05 bits per heavy atom. The third-order valence-corrected chi connectivity index (χ3v) is 3.66. The van der Waals surface area contributed by atoms with Crippen LogP contribution >= 0.6 is 23.4 Å². The van der Waals surface area contributed by atoms with Crippen molar-refractivity contribution in [1.82, 2.24) is 0 Å². The molecule has 7 heteroatoms. The van der Waals surface area contributed by atoms with Gasteiger partial charge in [0.1, 0.15) is 0 Å². The van der Waals surface area contributed by atoms with Crippen molar-refractivity contribution in [3.8, 4) is 0 Å². The standard InChI is InChI=1S/C13H17ClN2O3S/c1-19-13(18)5-7-20-6-4-12(17)16-11-8-9(14)2-3-10(11)15/h2-3,8H,4-7,15H2,1H3,(H,16,17). The Morgan fingerprint density at radius 3 is 2.75 bits per heavy atom. The summed E-state index contributed by atoms with van der Waals surface area (Å²) in [5.74, 6) is 0.890. The van der Waals surface area contributed by atoms with Gasteiger partial charge < -0.3 is 15.8 Å². The van der Waals surface area contributed by atoms with E-state index >= 15 is 0 Å². The number of rotatable bonds is 7. The summed E-state index contributed by atoms with van der Waals surface area (Å²) in [7, 11) is 1.36. The molecule has 0 unspecified atom stereocenters. The predicted octanol–water partition coefficient (Wildman–Crippen LogP) is 2.55. The van der Waals surface area contributed by atoms with Crippen LogP contribution in [0.3, 0.4) is 0 Å². The van der Waals surface area contributed by atoms with Gasteiger partial charge in [0.2, 0.25) is 5.91 Å². The molecule has 0 bridgehead atoms. The van der Waals surface area contributed by atoms with E-state index in [9.17, 15) is 9.59 Å². The van der Waals surface area contributed by atoms with Crippen molar-refractivity contribution in [2.75, 3.05) is 29.7 Å². The minimum absolute atomic E-state index is 0.135. The van der Waals surface area contributed by atoms with E-state index in [-0.39, 0.29) is 11.9 Å². The number of amides is 1. The maximum Gasteiger partial charge on any atom is 0.306 e. The molecule has 0 aliphatic carbocycles. The average molecular weight is 317 g/mol. The molecule has 0 spiro atoms. The molecule has 20 heavy (non-hydrogen) atoms. The first-order chi connectivity index (χ1) is 9.52. The van der Waals surface area contributed by atoms with Crippen LogP contribution in [0, 0.1) is 0 Å². The summed E-state index contributed by atoms with van der Waals surface area (Å²) >= 11 is 7.36. The molecule has 3 N–H and O–H groups in total. The van der Waals surface area contributed by atoms with Gasteiger partial charge in [0.15, 0.2) is 0 Å². The van der Waals surface area contributed by atoms with E-state index in [0.717, 1.165) is 0 Å². The number of anilines is 2. The third kappa shape index (κ3) is 6.16. The largest absolute Gasteiger partial charge is 0.469 e. The summed E-state index contributed by atoms with van der Waals surface area (Å²) in [5, 5.41) is 3.22. The summed E-state index contributed by atoms with van der Waals surface area (Å²) in [4.78, 5) is 22.6. The summed E-state index contributed by atoms with van der Waals surface area (Å²) in [6.45, 7) is 0. The highest BCUT2D eigenvalue weighted by molar-refractivity contribution is 7.99. The zero-order valence-electron chi connectivity index (χ0n) is 11.1. The van der Waals surface area contributed by atoms with Gasteiger partial charge in [0.25, 0.3) is 0 Å². The molecule has 1 aromatic carbocycles. The number of carbonyl (C=O) groups is 2. The molecule has 0 saturated carbocycles. The summed E-state index contributed by atoms with van der Waals surface area (Å²) < 4.78 is 4.52. The highest BCUT2D eigenvalue weighted by atomic mass is 35.5. The van der Waals surface area contributed by atoms with E-state index < -0.39 is 0 Å². The van der Waals surface area contributed by atoms with Crippen LogP contribution in [0.4, 0.5) is 11.4 Å². The molecular weight excluding hydrogens is 300 g/mol. The van der Waals surface area contributed by atoms with E-state index in [0.29, 0.717) is 40.7 Å². The van der Waals surface area contributed by atoms with Gasteiger partial charge in [-0.05, 0) is 18.2 Å². The number of ether oxygens (including phenoxy) is 1. The fourth-order valence-corrected chi connectivity index (χ4v) is 2.39. The number of nitrogens with two attached hydrogens (primary N) is 1. The van der Waals surface area contributed by atoms with Crippen molar-refractivity contribution in [1.29, 1.82) is 0 Å². The fourth-order valence-electron chi connectivity index (χ4n) is 1.37. The maximum atomic E-state index is 11.7. The van der Waals surface area contributed by atoms with Crippen molar-refractivity contribution in [3.05, 3.63) is 23.2 Å². The van der Waals surface area contributed by atoms with Crippen LogP contribution in [0.5, 0.6) is 0 Å². The molecule has 1 rings (SSSR count). The second kappa shape index (κ2) is 8.71. The fraction of sp³-hybridized carbons (Fsp3) is 0.385. The minimum atomic E-state index is -0.242. The quantitative estimate of drug-likeness (QED) is 0.459. The molecule has 0 heterocycles. The van der Waals surface area contributed by atoms with E-state index in [2.05, 4.69) is 10.1 Å². The lowest BCUT2D eigenvalue weighted by Crippen LogP contribution is -2.13. The highest BCUT2D eigenvalue weighted by Crippen LogP contribution is 2.23. The van der Waals surface area contributed by atoms with Crippen LogP contribution in [0.1, 0.15) is 12.8 Å². The number of thioether (sulfide) groups is 1. The molecule has 0 saturated heterocycles. The van der Waals surface area contributed by atoms with Gasteiger partial charge in [-0.25, -0.2) is 0 Å². The van der Waals surface area contributed by atoms with Gasteiger partial charge in [0.05, 0.1) is 24.9 Å². The van der Waals surface area contributed by atoms with Gasteiger partial charge in [-0.1, -0.05) is 11.6 Å². The second-order valence-electron chi connectivity index (χ2n) is 3.97. The molecule has 1 aromatic rings. The Morgan fingerprint density at radius 1 is 1.35 bits per heavy atom. The zero-order valence-corrected chi connectivity index (χ0v) is 12.7. The van der Waals surface area contributed by atoms with E-state index in [1.165, 1.54) is 18.9 Å². The number of hydrogen-bond acceptors (Lipinski definition) is 5. The average Bonchev–Trinajstić information content (AvgIpc) is 2.42. The van der Waals surface area contributed by atoms with Crippen molar-refractivity contribution in [3.63, 3.8) is 0 Å². The molecule has 5 nitrogen and oxygen atoms in total. The lowest BCUT2D eigenvalue weighted by Gasteiger charge is -2.08. The first kappa shape index (κ1) is 16.7. The summed E-state index contributed by atoms with van der Waals surface area (Å²) in [6, 6.07) is 4.91. The van der Waals surface area contributed by atoms with Gasteiger partial charge in [-0.15, -0.1) is 0 Å². The zero-order chi connectivity index (χ0) is 15.0. The molecule has 110 valence electrons. The van der Waals surface area contributed by atoms with Crippen LogP contribution in [0.2, 0.25) is 5.02 Å². The molecule has 0 atom stereocenters. The van der Waals surface area contributed by atoms with E-state index in [4.69, 9.17) is 17.3 Å². The number of carbonyl (C=O) groups excluding carboxylic acids is 2. The minimum Gasteiger partial charge on any atom is -0.469 e. The number of esters is 1. The van der Waals surface area contributed by atoms with Crippen LogP contribution in [0.15, 0.2) is 18.2 Å². The van der Waals surface area contributed by atoms with Crippen LogP contribution < -0.4 is 11.1 Å². The first-order valence-corrected chi connectivity index (χ1v) is 7.55. The SMILES string of the molecule is COC(=O)CCSCCC(=O)Nc1cc(Cl)ccc1N. The van der Waals surface area contributed by atoms with E-state index in [1.807, 2.05) is 0 Å². The lowest BCUT2D eigenvalue weighted by molar-refractivity contribution is -0.140. The molecule has 0 aliphatic heterocycles. The Hall–Kier alpha value is -1.40. The Kier molecular flexibility index (Phi) is 7.25. The monoisotopic (exact) mass is 316 g/mol. The predicted molar refractivity (Wildman–Crippen MR) is 83.1 cm³/mol. The van der Waals surface area contributed by atoms with Crippen LogP contribution in [0.25, 0.3) is 0 Å². The van der Waals surface area contributed by atoms with Crippen molar-refractivity contribution < 1.29 is 14.3 Å². The number of methoxy groups -OCH3 is 1. The Labute approximate surface area is 127 Å². The molecular formula is C13H17ClN2O3S. The highest BCUT2D eigenvalue weighted by Gasteiger charge is 2.06. The van der Waals surface area contributed by atoms with Crippen LogP contribution in [-0.4, -0.2) is 30.5 Å². The molecule has 0 fully saturated rings. The lowest BCUT2D eigenvalue weighted by atomic mass is 10.2. The smallest absolute Gasteiger partial charge is 0.306 e. The second-order valence-corrected chi connectivity index (χ2v) is 5.63.